The number of morpholine rings is 2. The maximum atomic E-state index is 13.3. The summed E-state index contributed by atoms with van der Waals surface area (Å²) >= 11 is 0. The number of nitrogens with one attached hydrogen (secondary N) is 3. The Morgan fingerprint density at radius 1 is 0.615 bits per heavy atom. The van der Waals surface area contributed by atoms with Crippen molar-refractivity contribution < 1.29 is 50.1 Å². The van der Waals surface area contributed by atoms with Crippen molar-refractivity contribution in [2.24, 2.45) is 11.8 Å². The standard InChI is InChI=1S/C30H38N2O5S.C26H31NO5S.C5H11NO/c1-21-20-37-16-14-32(21)30(33)24-7-10-28(11-8-24)31-38(34,35)29-12-9-25-17-26(18-27(25)19-29)23-5-3-22(4-6-23)13-15-36-2;1-31-14-13-18-3-5-19(6-4-18)22-15-21-9-12-25(17-23(21)16-22)33(29,30)27-24-10-7-20(8-11-24)26(28)32-2;1-5-4-7-3-2-6-5/h3-6,9,12,17,19,21,24,28,31H,7-8,10-11,13-16,18,20H2,1-2H3;3-6,9,12,15,17,20,24,27H,7-8,10-11,13-14,16H2,1-2H3;5-6H,2-4H2,1H3/t21-,24?,28?;;5-/m0.0/s1. The fourth-order valence-corrected chi connectivity index (χ4v) is 13.9. The molecule has 1 amide bonds. The highest BCUT2D eigenvalue weighted by Crippen LogP contribution is 2.36. The van der Waals surface area contributed by atoms with Gasteiger partial charge in [-0.15, -0.1) is 0 Å². The molecule has 422 valence electrons. The molecule has 2 saturated heterocycles. The molecule has 2 aliphatic heterocycles. The molecule has 4 fully saturated rings. The quantitative estimate of drug-likeness (QED) is 0.0919. The van der Waals surface area contributed by atoms with Gasteiger partial charge in [-0.3, -0.25) is 9.59 Å². The number of hydrogen-bond donors (Lipinski definition) is 3. The minimum Gasteiger partial charge on any atom is -0.469 e. The second-order valence-electron chi connectivity index (χ2n) is 21.5. The maximum absolute atomic E-state index is 13.3. The summed E-state index contributed by atoms with van der Waals surface area (Å²) in [6.45, 7) is 10.1. The van der Waals surface area contributed by atoms with Crippen LogP contribution in [-0.4, -0.2) is 132 Å². The lowest BCUT2D eigenvalue weighted by Crippen LogP contribution is -2.50. The van der Waals surface area contributed by atoms with Gasteiger partial charge in [-0.05, 0) is 171 Å². The zero-order chi connectivity index (χ0) is 55.2. The van der Waals surface area contributed by atoms with Crippen molar-refractivity contribution in [1.29, 1.82) is 0 Å². The number of hydrogen-bond acceptors (Lipinski definition) is 12. The van der Waals surface area contributed by atoms with Gasteiger partial charge in [0.25, 0.3) is 0 Å². The number of esters is 1. The molecular formula is C61H80N4O11S2. The van der Waals surface area contributed by atoms with Gasteiger partial charge in [0.05, 0.1) is 68.5 Å². The molecule has 2 atom stereocenters. The highest BCUT2D eigenvalue weighted by molar-refractivity contribution is 7.89. The molecule has 0 spiro atoms. The highest BCUT2D eigenvalue weighted by atomic mass is 32.2. The normalized spacial score (nSPS) is 23.1. The van der Waals surface area contributed by atoms with Crippen LogP contribution in [-0.2, 0) is 79.0 Å². The van der Waals surface area contributed by atoms with E-state index >= 15 is 0 Å². The zero-order valence-electron chi connectivity index (χ0n) is 46.1. The molecule has 4 aromatic carbocycles. The fourth-order valence-electron chi connectivity index (χ4n) is 11.2. The number of rotatable bonds is 16. The molecule has 2 heterocycles. The lowest BCUT2D eigenvalue weighted by atomic mass is 9.85. The van der Waals surface area contributed by atoms with E-state index in [1.54, 1.807) is 32.4 Å². The number of carbonyl (C=O) groups excluding carboxylic acids is 2. The van der Waals surface area contributed by atoms with Crippen molar-refractivity contribution in [1.82, 2.24) is 19.7 Å². The Balaban J connectivity index is 0.000000184. The summed E-state index contributed by atoms with van der Waals surface area (Å²) in [5, 5.41) is 3.26. The Morgan fingerprint density at radius 2 is 1.09 bits per heavy atom. The lowest BCUT2D eigenvalue weighted by molar-refractivity contribution is -0.146. The fraction of sp³-hybridized carbons (Fsp3) is 0.508. The van der Waals surface area contributed by atoms with Crippen molar-refractivity contribution in [2.75, 3.05) is 74.1 Å². The van der Waals surface area contributed by atoms with Crippen LogP contribution in [0.5, 0.6) is 0 Å². The highest BCUT2D eigenvalue weighted by Gasteiger charge is 2.35. The van der Waals surface area contributed by atoms with E-state index in [-0.39, 0.29) is 41.8 Å². The van der Waals surface area contributed by atoms with Gasteiger partial charge in [0, 0.05) is 51.4 Å². The van der Waals surface area contributed by atoms with Crippen molar-refractivity contribution >= 4 is 55.2 Å². The minimum absolute atomic E-state index is 0.0326. The van der Waals surface area contributed by atoms with E-state index < -0.39 is 20.0 Å². The first kappa shape index (κ1) is 59.1. The van der Waals surface area contributed by atoms with E-state index in [0.29, 0.717) is 113 Å². The third-order valence-corrected chi connectivity index (χ3v) is 18.9. The number of fused-ring (bicyclic) bond motifs is 2. The summed E-state index contributed by atoms with van der Waals surface area (Å²) in [5.41, 5.74) is 11.3. The van der Waals surface area contributed by atoms with Crippen LogP contribution in [0.2, 0.25) is 0 Å². The van der Waals surface area contributed by atoms with Crippen molar-refractivity contribution in [2.45, 2.75) is 125 Å². The van der Waals surface area contributed by atoms with Crippen LogP contribution in [0.4, 0.5) is 0 Å². The largest absolute Gasteiger partial charge is 0.469 e. The number of methoxy groups -OCH3 is 3. The molecule has 4 aliphatic carbocycles. The van der Waals surface area contributed by atoms with Crippen LogP contribution >= 0.6 is 0 Å². The maximum Gasteiger partial charge on any atom is 0.308 e. The third kappa shape index (κ3) is 15.8. The summed E-state index contributed by atoms with van der Waals surface area (Å²) in [6, 6.07) is 28.1. The first-order chi connectivity index (χ1) is 37.6. The number of amides is 1. The van der Waals surface area contributed by atoms with E-state index in [2.05, 4.69) is 82.4 Å². The predicted octanol–water partition coefficient (Wildman–Crippen LogP) is 8.03. The van der Waals surface area contributed by atoms with E-state index in [9.17, 15) is 26.4 Å². The van der Waals surface area contributed by atoms with Crippen LogP contribution in [0.15, 0.2) is 94.7 Å². The number of carbonyl (C=O) groups is 2. The van der Waals surface area contributed by atoms with E-state index in [1.807, 2.05) is 30.0 Å². The Morgan fingerprint density at radius 3 is 1.50 bits per heavy atom. The Kier molecular flexibility index (Phi) is 21.1. The van der Waals surface area contributed by atoms with Crippen LogP contribution in [0.1, 0.15) is 110 Å². The monoisotopic (exact) mass is 1110 g/mol. The van der Waals surface area contributed by atoms with Crippen molar-refractivity contribution in [3.63, 3.8) is 0 Å². The topological polar surface area (TPSA) is 188 Å². The molecule has 10 rings (SSSR count). The van der Waals surface area contributed by atoms with E-state index in [4.69, 9.17) is 23.7 Å². The number of ether oxygens (including phenoxy) is 5. The predicted molar refractivity (Wildman–Crippen MR) is 305 cm³/mol. The molecule has 78 heavy (non-hydrogen) atoms. The molecule has 0 bridgehead atoms. The van der Waals surface area contributed by atoms with Crippen LogP contribution in [0.3, 0.4) is 0 Å². The second kappa shape index (κ2) is 27.9. The van der Waals surface area contributed by atoms with Gasteiger partial charge in [-0.2, -0.15) is 0 Å². The van der Waals surface area contributed by atoms with Gasteiger partial charge in [-0.25, -0.2) is 26.3 Å². The number of benzene rings is 4. The summed E-state index contributed by atoms with van der Waals surface area (Å²) in [4.78, 5) is 27.2. The summed E-state index contributed by atoms with van der Waals surface area (Å²) < 4.78 is 84.0. The molecule has 15 nitrogen and oxygen atoms in total. The van der Waals surface area contributed by atoms with Crippen molar-refractivity contribution in [3.8, 4) is 0 Å². The van der Waals surface area contributed by atoms with Gasteiger partial charge < -0.3 is 33.9 Å². The molecule has 2 saturated carbocycles. The average molecular weight is 1110 g/mol. The summed E-state index contributed by atoms with van der Waals surface area (Å²) in [6.07, 6.45) is 12.8. The van der Waals surface area contributed by atoms with Crippen molar-refractivity contribution in [3.05, 3.63) is 129 Å². The lowest BCUT2D eigenvalue weighted by Gasteiger charge is -2.37. The molecule has 0 aromatic heterocycles. The molecule has 6 aliphatic rings. The SMILES string of the molecule is COCCc1ccc(C2=Cc3ccc(S(=O)(=O)NC4CCC(C(=O)N5CCOC[C@@H]5C)CC4)cc3C2)cc1.COCCc1ccc(C2=Cc3ccc(S(=O)(=O)NC4CCC(C(=O)OC)CC4)cc3C2)cc1.C[C@H]1COCCN1. The van der Waals surface area contributed by atoms with Gasteiger partial charge in [0.2, 0.25) is 26.0 Å². The molecule has 4 aromatic rings. The van der Waals surface area contributed by atoms with E-state index in [0.717, 1.165) is 66.0 Å². The first-order valence-corrected chi connectivity index (χ1v) is 30.7. The average Bonchev–Trinajstić information content (AvgIpc) is 4.15. The third-order valence-electron chi connectivity index (χ3n) is 15.8. The molecule has 0 radical (unpaired) electrons. The van der Waals surface area contributed by atoms with Gasteiger partial charge >= 0.3 is 5.97 Å². The minimum atomic E-state index is -3.64. The molecule has 17 heteroatoms. The first-order valence-electron chi connectivity index (χ1n) is 27.8. The van der Waals surface area contributed by atoms with Crippen LogP contribution in [0.25, 0.3) is 23.3 Å². The van der Waals surface area contributed by atoms with Gasteiger partial charge in [-0.1, -0.05) is 72.8 Å². The van der Waals surface area contributed by atoms with Gasteiger partial charge in [0.1, 0.15) is 0 Å². The number of nitrogens with zero attached hydrogens (tertiary/aromatic N) is 1. The van der Waals surface area contributed by atoms with E-state index in [1.165, 1.54) is 29.4 Å². The zero-order valence-corrected chi connectivity index (χ0v) is 47.7. The smallest absolute Gasteiger partial charge is 0.308 e. The molecule has 3 N–H and O–H groups in total. The summed E-state index contributed by atoms with van der Waals surface area (Å²) in [7, 11) is -2.46. The molecule has 0 unspecified atom stereocenters. The Bertz CT molecular complexity index is 2940. The summed E-state index contributed by atoms with van der Waals surface area (Å²) in [5.74, 6) is -0.180. The Labute approximate surface area is 463 Å². The van der Waals surface area contributed by atoms with Crippen LogP contribution in [0, 0.1) is 11.8 Å². The van der Waals surface area contributed by atoms with Crippen LogP contribution < -0.4 is 14.8 Å². The second-order valence-corrected chi connectivity index (χ2v) is 25.0. The Hall–Kier alpha value is -5.08. The van der Waals surface area contributed by atoms with Gasteiger partial charge in [0.15, 0.2) is 0 Å². The number of sulfonamides is 2. The molecular weight excluding hydrogens is 1030 g/mol. The number of allylic oxidation sites excluding steroid dienone is 2.